The van der Waals surface area contributed by atoms with Gasteiger partial charge in [-0.1, -0.05) is 0 Å². The molecular formula is C14H16BrF3N2O. The van der Waals surface area contributed by atoms with Crippen LogP contribution in [0.1, 0.15) is 24.8 Å². The molecule has 0 aromatic heterocycles. The van der Waals surface area contributed by atoms with Crippen molar-refractivity contribution in [3.63, 3.8) is 0 Å². The summed E-state index contributed by atoms with van der Waals surface area (Å²) in [6.07, 6.45) is -1.92. The van der Waals surface area contributed by atoms with Crippen molar-refractivity contribution in [2.75, 3.05) is 25.0 Å². The zero-order valence-corrected chi connectivity index (χ0v) is 12.9. The Kier molecular flexibility index (Phi) is 5.13. The number of benzene rings is 1. The second kappa shape index (κ2) is 6.68. The predicted octanol–water partition coefficient (Wildman–Crippen LogP) is 3.89. The number of hydrogen-bond donors (Lipinski definition) is 1. The average Bonchev–Trinajstić information content (AvgIpc) is 2.93. The number of rotatable bonds is 4. The minimum Gasteiger partial charge on any atom is -0.384 e. The van der Waals surface area contributed by atoms with E-state index < -0.39 is 11.7 Å². The minimum atomic E-state index is -4.35. The third kappa shape index (κ3) is 4.36. The van der Waals surface area contributed by atoms with Crippen LogP contribution in [0.15, 0.2) is 22.7 Å². The van der Waals surface area contributed by atoms with Crippen molar-refractivity contribution < 1.29 is 18.0 Å². The first-order valence-corrected chi connectivity index (χ1v) is 7.55. The number of halogens is 4. The van der Waals surface area contributed by atoms with E-state index in [1.165, 1.54) is 6.07 Å². The highest BCUT2D eigenvalue weighted by Gasteiger charge is 2.30. The van der Waals surface area contributed by atoms with Gasteiger partial charge in [-0.2, -0.15) is 13.2 Å². The average molecular weight is 365 g/mol. The first kappa shape index (κ1) is 16.1. The molecular weight excluding hydrogens is 349 g/mol. The van der Waals surface area contributed by atoms with Crippen LogP contribution in [0.4, 0.5) is 18.9 Å². The Morgan fingerprint density at radius 1 is 1.29 bits per heavy atom. The van der Waals surface area contributed by atoms with Crippen molar-refractivity contribution in [3.05, 3.63) is 28.2 Å². The monoisotopic (exact) mass is 364 g/mol. The molecule has 1 aliphatic rings. The van der Waals surface area contributed by atoms with E-state index in [9.17, 15) is 18.0 Å². The van der Waals surface area contributed by atoms with E-state index in [-0.39, 0.29) is 5.91 Å². The number of hydrogen-bond acceptors (Lipinski definition) is 2. The molecule has 0 unspecified atom stereocenters. The summed E-state index contributed by atoms with van der Waals surface area (Å²) in [5, 5.41) is 2.98. The summed E-state index contributed by atoms with van der Waals surface area (Å²) in [6.45, 7) is 2.02. The molecule has 3 nitrogen and oxygen atoms in total. The highest BCUT2D eigenvalue weighted by molar-refractivity contribution is 9.10. The van der Waals surface area contributed by atoms with Gasteiger partial charge in [-0.25, -0.2) is 0 Å². The third-order valence-electron chi connectivity index (χ3n) is 3.41. The lowest BCUT2D eigenvalue weighted by Gasteiger charge is -2.16. The van der Waals surface area contributed by atoms with Gasteiger partial charge in [0.1, 0.15) is 0 Å². The van der Waals surface area contributed by atoms with Gasteiger partial charge in [-0.15, -0.1) is 0 Å². The number of likely N-dealkylation sites (tertiary alicyclic amines) is 1. The van der Waals surface area contributed by atoms with Crippen LogP contribution < -0.4 is 5.32 Å². The summed E-state index contributed by atoms with van der Waals surface area (Å²) in [5.41, 5.74) is -0.148. The van der Waals surface area contributed by atoms with Crippen LogP contribution >= 0.6 is 15.9 Å². The van der Waals surface area contributed by atoms with Crippen molar-refractivity contribution in [1.29, 1.82) is 0 Å². The van der Waals surface area contributed by atoms with Gasteiger partial charge in [0.25, 0.3) is 0 Å². The Balaban J connectivity index is 1.87. The van der Waals surface area contributed by atoms with Crippen molar-refractivity contribution >= 4 is 27.5 Å². The first-order valence-electron chi connectivity index (χ1n) is 6.76. The molecule has 116 valence electrons. The number of amides is 1. The van der Waals surface area contributed by atoms with Gasteiger partial charge < -0.3 is 10.2 Å². The normalized spacial score (nSPS) is 15.3. The minimum absolute atomic E-state index is 0.0861. The van der Waals surface area contributed by atoms with Crippen molar-refractivity contribution in [2.24, 2.45) is 0 Å². The molecule has 1 aromatic carbocycles. The van der Waals surface area contributed by atoms with Crippen molar-refractivity contribution in [3.8, 4) is 0 Å². The standard InChI is InChI=1S/C14H16BrF3N2O/c15-11-9-10(14(16,17)18)3-4-12(11)19-6-5-13(21)20-7-1-2-8-20/h3-4,9,19H,1-2,5-8H2. The molecule has 1 aliphatic heterocycles. The molecule has 7 heteroatoms. The van der Waals surface area contributed by atoms with Crippen LogP contribution in [0.3, 0.4) is 0 Å². The zero-order valence-electron chi connectivity index (χ0n) is 11.3. The Labute approximate surface area is 129 Å². The van der Waals surface area contributed by atoms with E-state index >= 15 is 0 Å². The van der Waals surface area contributed by atoms with Gasteiger partial charge in [0.05, 0.1) is 5.56 Å². The molecule has 0 saturated carbocycles. The van der Waals surface area contributed by atoms with Gasteiger partial charge in [-0.3, -0.25) is 4.79 Å². The van der Waals surface area contributed by atoms with Crippen molar-refractivity contribution in [1.82, 2.24) is 4.90 Å². The van der Waals surface area contributed by atoms with E-state index in [1.807, 2.05) is 4.90 Å². The van der Waals surface area contributed by atoms with Crippen LogP contribution in [0.25, 0.3) is 0 Å². The summed E-state index contributed by atoms with van der Waals surface area (Å²) in [4.78, 5) is 13.7. The SMILES string of the molecule is O=C(CCNc1ccc(C(F)(F)F)cc1Br)N1CCCC1. The van der Waals surface area contributed by atoms with Crippen LogP contribution in [0.5, 0.6) is 0 Å². The number of anilines is 1. The third-order valence-corrected chi connectivity index (χ3v) is 4.07. The zero-order chi connectivity index (χ0) is 15.5. The van der Waals surface area contributed by atoms with E-state index in [0.29, 0.717) is 23.1 Å². The van der Waals surface area contributed by atoms with Crippen LogP contribution in [0, 0.1) is 0 Å². The van der Waals surface area contributed by atoms with Crippen LogP contribution in [0.2, 0.25) is 0 Å². The summed E-state index contributed by atoms with van der Waals surface area (Å²) >= 11 is 3.12. The largest absolute Gasteiger partial charge is 0.416 e. The van der Waals surface area contributed by atoms with Gasteiger partial charge in [0, 0.05) is 36.2 Å². The van der Waals surface area contributed by atoms with Crippen LogP contribution in [-0.4, -0.2) is 30.4 Å². The highest BCUT2D eigenvalue weighted by atomic mass is 79.9. The maximum absolute atomic E-state index is 12.5. The second-order valence-electron chi connectivity index (χ2n) is 4.96. The molecule has 2 rings (SSSR count). The Morgan fingerprint density at radius 2 is 1.95 bits per heavy atom. The molecule has 1 fully saturated rings. The van der Waals surface area contributed by atoms with Crippen molar-refractivity contribution in [2.45, 2.75) is 25.4 Å². The van der Waals surface area contributed by atoms with Gasteiger partial charge in [0.2, 0.25) is 5.91 Å². The number of nitrogens with zero attached hydrogens (tertiary/aromatic N) is 1. The van der Waals surface area contributed by atoms with Crippen LogP contribution in [-0.2, 0) is 11.0 Å². The van der Waals surface area contributed by atoms with E-state index in [4.69, 9.17) is 0 Å². The summed E-state index contributed by atoms with van der Waals surface area (Å²) in [7, 11) is 0. The Hall–Kier alpha value is -1.24. The number of carbonyl (C=O) groups is 1. The van der Waals surface area contributed by atoms with Gasteiger partial charge >= 0.3 is 6.18 Å². The molecule has 0 aliphatic carbocycles. The molecule has 0 atom stereocenters. The molecule has 1 aromatic rings. The topological polar surface area (TPSA) is 32.3 Å². The van der Waals surface area contributed by atoms with Gasteiger partial charge in [-0.05, 0) is 47.0 Å². The molecule has 1 saturated heterocycles. The Bertz CT molecular complexity index is 513. The lowest BCUT2D eigenvalue weighted by atomic mass is 10.2. The number of carbonyl (C=O) groups excluding carboxylic acids is 1. The quantitative estimate of drug-likeness (QED) is 0.878. The molecule has 1 heterocycles. The first-order chi connectivity index (χ1) is 9.88. The second-order valence-corrected chi connectivity index (χ2v) is 5.81. The lowest BCUT2D eigenvalue weighted by Crippen LogP contribution is -2.29. The fourth-order valence-electron chi connectivity index (χ4n) is 2.26. The van der Waals surface area contributed by atoms with Gasteiger partial charge in [0.15, 0.2) is 0 Å². The highest BCUT2D eigenvalue weighted by Crippen LogP contribution is 2.33. The lowest BCUT2D eigenvalue weighted by molar-refractivity contribution is -0.137. The maximum Gasteiger partial charge on any atom is 0.416 e. The molecule has 0 spiro atoms. The molecule has 0 bridgehead atoms. The fraction of sp³-hybridized carbons (Fsp3) is 0.500. The number of alkyl halides is 3. The smallest absolute Gasteiger partial charge is 0.384 e. The summed E-state index contributed by atoms with van der Waals surface area (Å²) < 4.78 is 38.0. The predicted molar refractivity (Wildman–Crippen MR) is 78.1 cm³/mol. The van der Waals surface area contributed by atoms with E-state index in [1.54, 1.807) is 0 Å². The summed E-state index contributed by atoms with van der Waals surface area (Å²) in [5.74, 6) is 0.0861. The maximum atomic E-state index is 12.5. The number of nitrogens with one attached hydrogen (secondary N) is 1. The Morgan fingerprint density at radius 3 is 2.52 bits per heavy atom. The molecule has 21 heavy (non-hydrogen) atoms. The van der Waals surface area contributed by atoms with E-state index in [0.717, 1.165) is 38.1 Å². The fourth-order valence-corrected chi connectivity index (χ4v) is 2.78. The summed E-state index contributed by atoms with van der Waals surface area (Å²) in [6, 6.07) is 3.42. The van der Waals surface area contributed by atoms with E-state index in [2.05, 4.69) is 21.2 Å². The molecule has 1 N–H and O–H groups in total. The molecule has 0 radical (unpaired) electrons. The molecule has 1 amide bonds.